The molecule has 0 N–H and O–H groups in total. The van der Waals surface area contributed by atoms with E-state index in [1.54, 1.807) is 0 Å². The Morgan fingerprint density at radius 2 is 1.77 bits per heavy atom. The fourth-order valence-corrected chi connectivity index (χ4v) is 1.48. The molecule has 0 unspecified atom stereocenters. The number of hydrogen-bond donors (Lipinski definition) is 0. The maximum Gasteiger partial charge on any atom is -0.0228 e. The van der Waals surface area contributed by atoms with E-state index >= 15 is 0 Å². The number of aryl methyl sites for hydroxylation is 1. The average Bonchev–Trinajstić information content (AvgIpc) is 2.16. The largest absolute Gasteiger partial charge is 0.0810 e. The Bertz CT molecular complexity index is 277. The van der Waals surface area contributed by atoms with Gasteiger partial charge in [-0.15, -0.1) is 0 Å². The third-order valence-corrected chi connectivity index (χ3v) is 2.25. The molecule has 0 amide bonds. The standard InChI is InChI=1S/C13H18/c1-4-6-12(5-2)13-9-7-11(3)8-10-13/h6-10H,4-5H2,1-3H3. The van der Waals surface area contributed by atoms with E-state index in [0.29, 0.717) is 0 Å². The topological polar surface area (TPSA) is 0 Å². The van der Waals surface area contributed by atoms with Gasteiger partial charge in [0.1, 0.15) is 0 Å². The minimum absolute atomic E-state index is 1.12. The van der Waals surface area contributed by atoms with Crippen molar-refractivity contribution >= 4 is 5.57 Å². The number of benzene rings is 1. The monoisotopic (exact) mass is 174 g/mol. The lowest BCUT2D eigenvalue weighted by Crippen LogP contribution is -1.83. The first-order valence-corrected chi connectivity index (χ1v) is 5.04. The lowest BCUT2D eigenvalue weighted by molar-refractivity contribution is 1.17. The van der Waals surface area contributed by atoms with E-state index in [0.717, 1.165) is 12.8 Å². The van der Waals surface area contributed by atoms with Gasteiger partial charge in [0.25, 0.3) is 0 Å². The van der Waals surface area contributed by atoms with E-state index in [-0.39, 0.29) is 0 Å². The smallest absolute Gasteiger partial charge is 0.0228 e. The SMILES string of the molecule is CCC=C(CC)c1ccc(C)cc1. The first-order valence-electron chi connectivity index (χ1n) is 5.04. The van der Waals surface area contributed by atoms with Crippen LogP contribution in [0.15, 0.2) is 30.3 Å². The van der Waals surface area contributed by atoms with Crippen LogP contribution in [0.1, 0.15) is 37.8 Å². The first kappa shape index (κ1) is 10.0. The van der Waals surface area contributed by atoms with E-state index in [1.807, 2.05) is 0 Å². The second kappa shape index (κ2) is 4.86. The van der Waals surface area contributed by atoms with E-state index < -0.39 is 0 Å². The summed E-state index contributed by atoms with van der Waals surface area (Å²) >= 11 is 0. The number of hydrogen-bond acceptors (Lipinski definition) is 0. The van der Waals surface area contributed by atoms with Crippen LogP contribution in [-0.4, -0.2) is 0 Å². The van der Waals surface area contributed by atoms with Gasteiger partial charge in [-0.25, -0.2) is 0 Å². The van der Waals surface area contributed by atoms with E-state index in [4.69, 9.17) is 0 Å². The number of rotatable bonds is 3. The van der Waals surface area contributed by atoms with Crippen LogP contribution in [-0.2, 0) is 0 Å². The molecule has 1 rings (SSSR count). The Morgan fingerprint density at radius 1 is 1.15 bits per heavy atom. The molecule has 0 radical (unpaired) electrons. The Balaban J connectivity index is 2.92. The first-order chi connectivity index (χ1) is 6.27. The highest BCUT2D eigenvalue weighted by Gasteiger charge is 1.96. The summed E-state index contributed by atoms with van der Waals surface area (Å²) in [7, 11) is 0. The van der Waals surface area contributed by atoms with Crippen molar-refractivity contribution in [2.24, 2.45) is 0 Å². The van der Waals surface area contributed by atoms with Gasteiger partial charge < -0.3 is 0 Å². The molecule has 70 valence electrons. The Kier molecular flexibility index (Phi) is 3.75. The van der Waals surface area contributed by atoms with Gasteiger partial charge in [0.05, 0.1) is 0 Å². The van der Waals surface area contributed by atoms with Crippen LogP contribution in [0.5, 0.6) is 0 Å². The molecule has 0 fully saturated rings. The van der Waals surface area contributed by atoms with Crippen molar-refractivity contribution in [3.63, 3.8) is 0 Å². The van der Waals surface area contributed by atoms with Gasteiger partial charge in [-0.3, -0.25) is 0 Å². The number of allylic oxidation sites excluding steroid dienone is 2. The molecule has 0 saturated heterocycles. The van der Waals surface area contributed by atoms with Crippen molar-refractivity contribution in [3.8, 4) is 0 Å². The van der Waals surface area contributed by atoms with Crippen molar-refractivity contribution < 1.29 is 0 Å². The fraction of sp³-hybridized carbons (Fsp3) is 0.385. The zero-order valence-electron chi connectivity index (χ0n) is 8.80. The van der Waals surface area contributed by atoms with Crippen LogP contribution in [0.3, 0.4) is 0 Å². The molecule has 0 aliphatic heterocycles. The molecule has 0 aliphatic rings. The van der Waals surface area contributed by atoms with Gasteiger partial charge in [0.15, 0.2) is 0 Å². The summed E-state index contributed by atoms with van der Waals surface area (Å²) < 4.78 is 0. The van der Waals surface area contributed by atoms with E-state index in [1.165, 1.54) is 16.7 Å². The molecule has 0 heterocycles. The van der Waals surface area contributed by atoms with Crippen LogP contribution in [0.4, 0.5) is 0 Å². The van der Waals surface area contributed by atoms with Crippen molar-refractivity contribution in [1.29, 1.82) is 0 Å². The van der Waals surface area contributed by atoms with Crippen molar-refractivity contribution in [2.75, 3.05) is 0 Å². The minimum atomic E-state index is 1.12. The molecule has 1 aromatic rings. The maximum absolute atomic E-state index is 2.31. The Hall–Kier alpha value is -1.04. The summed E-state index contributed by atoms with van der Waals surface area (Å²) in [5, 5.41) is 0. The Morgan fingerprint density at radius 3 is 2.23 bits per heavy atom. The van der Waals surface area contributed by atoms with Crippen molar-refractivity contribution in [1.82, 2.24) is 0 Å². The summed E-state index contributed by atoms with van der Waals surface area (Å²) in [6.07, 6.45) is 4.55. The van der Waals surface area contributed by atoms with Crippen molar-refractivity contribution in [2.45, 2.75) is 33.6 Å². The predicted molar refractivity (Wildman–Crippen MR) is 59.7 cm³/mol. The predicted octanol–water partition coefficient (Wildman–Crippen LogP) is 4.20. The molecular formula is C13H18. The minimum Gasteiger partial charge on any atom is -0.0810 e. The van der Waals surface area contributed by atoms with Gasteiger partial charge in [0, 0.05) is 0 Å². The fourth-order valence-electron chi connectivity index (χ4n) is 1.48. The molecule has 0 spiro atoms. The van der Waals surface area contributed by atoms with Gasteiger partial charge in [-0.2, -0.15) is 0 Å². The lowest BCUT2D eigenvalue weighted by Gasteiger charge is -2.04. The molecule has 0 atom stereocenters. The third kappa shape index (κ3) is 2.73. The maximum atomic E-state index is 2.31. The highest BCUT2D eigenvalue weighted by molar-refractivity contribution is 5.65. The highest BCUT2D eigenvalue weighted by Crippen LogP contribution is 2.18. The van der Waals surface area contributed by atoms with Crippen molar-refractivity contribution in [3.05, 3.63) is 41.5 Å². The van der Waals surface area contributed by atoms with E-state index in [9.17, 15) is 0 Å². The van der Waals surface area contributed by atoms with Crippen LogP contribution in [0, 0.1) is 6.92 Å². The summed E-state index contributed by atoms with van der Waals surface area (Å²) in [4.78, 5) is 0. The molecule has 0 nitrogen and oxygen atoms in total. The average molecular weight is 174 g/mol. The van der Waals surface area contributed by atoms with Gasteiger partial charge in [0.2, 0.25) is 0 Å². The summed E-state index contributed by atoms with van der Waals surface area (Å²) in [5.41, 5.74) is 4.16. The lowest BCUT2D eigenvalue weighted by atomic mass is 10.0. The van der Waals surface area contributed by atoms with Gasteiger partial charge in [-0.1, -0.05) is 49.8 Å². The molecule has 13 heavy (non-hydrogen) atoms. The summed E-state index contributed by atoms with van der Waals surface area (Å²) in [5.74, 6) is 0. The third-order valence-electron chi connectivity index (χ3n) is 2.25. The zero-order chi connectivity index (χ0) is 9.68. The summed E-state index contributed by atoms with van der Waals surface area (Å²) in [6, 6.07) is 8.77. The highest BCUT2D eigenvalue weighted by atomic mass is 14.0. The van der Waals surface area contributed by atoms with Crippen LogP contribution >= 0.6 is 0 Å². The van der Waals surface area contributed by atoms with Gasteiger partial charge in [-0.05, 0) is 30.9 Å². The molecule has 0 heteroatoms. The molecule has 0 aromatic heterocycles. The molecular weight excluding hydrogens is 156 g/mol. The van der Waals surface area contributed by atoms with Crippen LogP contribution in [0.25, 0.3) is 5.57 Å². The second-order valence-electron chi connectivity index (χ2n) is 3.36. The molecule has 1 aromatic carbocycles. The molecule has 0 saturated carbocycles. The quantitative estimate of drug-likeness (QED) is 0.644. The van der Waals surface area contributed by atoms with Crippen LogP contribution < -0.4 is 0 Å². The van der Waals surface area contributed by atoms with Gasteiger partial charge >= 0.3 is 0 Å². The summed E-state index contributed by atoms with van der Waals surface area (Å²) in [6.45, 7) is 6.52. The molecule has 0 bridgehead atoms. The Labute approximate surface area is 81.3 Å². The van der Waals surface area contributed by atoms with Crippen LogP contribution in [0.2, 0.25) is 0 Å². The second-order valence-corrected chi connectivity index (χ2v) is 3.36. The zero-order valence-corrected chi connectivity index (χ0v) is 8.80. The normalized spacial score (nSPS) is 11.8. The van der Waals surface area contributed by atoms with E-state index in [2.05, 4.69) is 51.1 Å². The molecule has 0 aliphatic carbocycles.